The zero-order valence-electron chi connectivity index (χ0n) is 8.82. The summed E-state index contributed by atoms with van der Waals surface area (Å²) < 4.78 is 4.56. The van der Waals surface area contributed by atoms with E-state index in [-0.39, 0.29) is 6.61 Å². The van der Waals surface area contributed by atoms with Gasteiger partial charge in [0, 0.05) is 5.69 Å². The topological polar surface area (TPSA) is 93.5 Å². The van der Waals surface area contributed by atoms with Gasteiger partial charge in [-0.15, -0.1) is 0 Å². The summed E-state index contributed by atoms with van der Waals surface area (Å²) in [5.41, 5.74) is 10.5. The first-order chi connectivity index (χ1) is 7.65. The fourth-order valence-corrected chi connectivity index (χ4v) is 1.05. The third-order valence-electron chi connectivity index (χ3n) is 1.76. The molecule has 0 saturated heterocycles. The number of amides is 2. The van der Waals surface area contributed by atoms with E-state index in [2.05, 4.69) is 15.6 Å². The molecule has 6 nitrogen and oxygen atoms in total. The van der Waals surface area contributed by atoms with Gasteiger partial charge < -0.3 is 10.5 Å². The van der Waals surface area contributed by atoms with Crippen LogP contribution in [0.2, 0.25) is 0 Å². The molecule has 0 radical (unpaired) electrons. The molecule has 0 aliphatic carbocycles. The predicted octanol–water partition coefficient (Wildman–Crippen LogP) is 0.660. The number of para-hydroxylation sites is 1. The van der Waals surface area contributed by atoms with Gasteiger partial charge >= 0.3 is 6.09 Å². The van der Waals surface area contributed by atoms with E-state index in [9.17, 15) is 9.59 Å². The minimum atomic E-state index is -0.717. The van der Waals surface area contributed by atoms with Crippen LogP contribution in [0.5, 0.6) is 0 Å². The van der Waals surface area contributed by atoms with Crippen LogP contribution in [-0.4, -0.2) is 18.6 Å². The van der Waals surface area contributed by atoms with Crippen molar-refractivity contribution in [3.05, 3.63) is 29.8 Å². The van der Waals surface area contributed by atoms with Crippen molar-refractivity contribution in [1.29, 1.82) is 0 Å². The molecular weight excluding hydrogens is 210 g/mol. The van der Waals surface area contributed by atoms with Crippen LogP contribution < -0.4 is 16.6 Å². The number of benzene rings is 1. The largest absolute Gasteiger partial charge is 0.449 e. The first-order valence-corrected chi connectivity index (χ1v) is 4.72. The Labute approximate surface area is 92.7 Å². The fraction of sp³-hybridized carbons (Fsp3) is 0.200. The normalized spacial score (nSPS) is 9.31. The Bertz CT molecular complexity index is 393. The van der Waals surface area contributed by atoms with Gasteiger partial charge in [-0.2, -0.15) is 0 Å². The Hall–Kier alpha value is -2.24. The summed E-state index contributed by atoms with van der Waals surface area (Å²) >= 11 is 0. The van der Waals surface area contributed by atoms with Crippen molar-refractivity contribution >= 4 is 17.7 Å². The molecule has 0 saturated carbocycles. The van der Waals surface area contributed by atoms with E-state index >= 15 is 0 Å². The highest BCUT2D eigenvalue weighted by Gasteiger charge is 2.09. The van der Waals surface area contributed by atoms with Crippen molar-refractivity contribution in [1.82, 2.24) is 10.9 Å². The Morgan fingerprint density at radius 2 is 2.00 bits per heavy atom. The van der Waals surface area contributed by atoms with E-state index in [0.29, 0.717) is 11.3 Å². The molecule has 0 fully saturated rings. The van der Waals surface area contributed by atoms with Crippen molar-refractivity contribution < 1.29 is 14.3 Å². The maximum absolute atomic E-state index is 11.5. The van der Waals surface area contributed by atoms with Crippen LogP contribution in [0.4, 0.5) is 10.5 Å². The summed E-state index contributed by atoms with van der Waals surface area (Å²) in [6.45, 7) is 1.89. The van der Waals surface area contributed by atoms with Gasteiger partial charge in [0.2, 0.25) is 0 Å². The Kier molecular flexibility index (Phi) is 4.14. The zero-order valence-corrected chi connectivity index (χ0v) is 8.82. The Balaban J connectivity index is 2.54. The minimum Gasteiger partial charge on any atom is -0.449 e. The smallest absolute Gasteiger partial charge is 0.426 e. The summed E-state index contributed by atoms with van der Waals surface area (Å²) in [4.78, 5) is 22.4. The highest BCUT2D eigenvalue weighted by Crippen LogP contribution is 2.09. The second-order valence-corrected chi connectivity index (χ2v) is 2.89. The molecule has 0 spiro atoms. The monoisotopic (exact) mass is 223 g/mol. The van der Waals surface area contributed by atoms with Crippen LogP contribution in [0.25, 0.3) is 0 Å². The summed E-state index contributed by atoms with van der Waals surface area (Å²) in [7, 11) is 0. The average Bonchev–Trinajstić information content (AvgIpc) is 2.27. The SMILES string of the molecule is CCOC(=O)NNC(=O)c1ccccc1N. The van der Waals surface area contributed by atoms with Crippen LogP contribution in [-0.2, 0) is 4.74 Å². The van der Waals surface area contributed by atoms with Crippen molar-refractivity contribution in [2.24, 2.45) is 0 Å². The van der Waals surface area contributed by atoms with Crippen LogP contribution in [0.1, 0.15) is 17.3 Å². The number of rotatable bonds is 2. The summed E-state index contributed by atoms with van der Waals surface area (Å²) in [5.74, 6) is -0.494. The fourth-order valence-electron chi connectivity index (χ4n) is 1.05. The number of nitrogens with two attached hydrogens (primary N) is 1. The van der Waals surface area contributed by atoms with Crippen LogP contribution in [0.15, 0.2) is 24.3 Å². The molecule has 0 aromatic heterocycles. The lowest BCUT2D eigenvalue weighted by molar-refractivity contribution is 0.0913. The summed E-state index contributed by atoms with van der Waals surface area (Å²) in [5, 5.41) is 0. The number of ether oxygens (including phenoxy) is 1. The average molecular weight is 223 g/mol. The van der Waals surface area contributed by atoms with Gasteiger partial charge in [-0.3, -0.25) is 10.2 Å². The van der Waals surface area contributed by atoms with Gasteiger partial charge in [-0.1, -0.05) is 12.1 Å². The number of carbonyl (C=O) groups excluding carboxylic acids is 2. The van der Waals surface area contributed by atoms with Gasteiger partial charge in [0.05, 0.1) is 12.2 Å². The lowest BCUT2D eigenvalue weighted by Gasteiger charge is -2.08. The second-order valence-electron chi connectivity index (χ2n) is 2.89. The summed E-state index contributed by atoms with van der Waals surface area (Å²) in [6, 6.07) is 6.54. The van der Waals surface area contributed by atoms with E-state index in [1.807, 2.05) is 0 Å². The molecule has 1 aromatic carbocycles. The van der Waals surface area contributed by atoms with Crippen molar-refractivity contribution in [3.63, 3.8) is 0 Å². The quantitative estimate of drug-likeness (QED) is 0.507. The lowest BCUT2D eigenvalue weighted by Crippen LogP contribution is -2.42. The van der Waals surface area contributed by atoms with E-state index in [1.54, 1.807) is 31.2 Å². The van der Waals surface area contributed by atoms with Crippen molar-refractivity contribution in [2.75, 3.05) is 12.3 Å². The summed E-state index contributed by atoms with van der Waals surface area (Å²) in [6.07, 6.45) is -0.717. The number of carbonyl (C=O) groups is 2. The van der Waals surface area contributed by atoms with Gasteiger partial charge in [0.25, 0.3) is 5.91 Å². The molecule has 0 aliphatic rings. The molecule has 0 heterocycles. The first kappa shape index (κ1) is 11.8. The highest BCUT2D eigenvalue weighted by molar-refractivity contribution is 5.99. The highest BCUT2D eigenvalue weighted by atomic mass is 16.5. The van der Waals surface area contributed by atoms with Crippen LogP contribution in [0, 0.1) is 0 Å². The predicted molar refractivity (Wildman–Crippen MR) is 58.5 cm³/mol. The van der Waals surface area contributed by atoms with Gasteiger partial charge in [0.1, 0.15) is 0 Å². The number of nitrogens with one attached hydrogen (secondary N) is 2. The second kappa shape index (κ2) is 5.59. The number of hydrazine groups is 1. The molecule has 0 unspecified atom stereocenters. The third-order valence-corrected chi connectivity index (χ3v) is 1.76. The zero-order chi connectivity index (χ0) is 12.0. The van der Waals surface area contributed by atoms with Crippen molar-refractivity contribution in [3.8, 4) is 0 Å². The Morgan fingerprint density at radius 3 is 2.62 bits per heavy atom. The Morgan fingerprint density at radius 1 is 1.31 bits per heavy atom. The maximum atomic E-state index is 11.5. The molecule has 0 atom stereocenters. The standard InChI is InChI=1S/C10H13N3O3/c1-2-16-10(15)13-12-9(14)7-5-3-4-6-8(7)11/h3-6H,2,11H2,1H3,(H,12,14)(H,13,15). The van der Waals surface area contributed by atoms with E-state index in [0.717, 1.165) is 0 Å². The molecule has 1 rings (SSSR count). The number of anilines is 1. The van der Waals surface area contributed by atoms with Gasteiger partial charge in [0.15, 0.2) is 0 Å². The minimum absolute atomic E-state index is 0.231. The molecular formula is C10H13N3O3. The van der Waals surface area contributed by atoms with Gasteiger partial charge in [-0.25, -0.2) is 10.2 Å². The van der Waals surface area contributed by atoms with Crippen LogP contribution >= 0.6 is 0 Å². The van der Waals surface area contributed by atoms with E-state index < -0.39 is 12.0 Å². The van der Waals surface area contributed by atoms with Crippen LogP contribution in [0.3, 0.4) is 0 Å². The third kappa shape index (κ3) is 3.16. The molecule has 86 valence electrons. The molecule has 16 heavy (non-hydrogen) atoms. The number of hydrogen-bond acceptors (Lipinski definition) is 4. The molecule has 0 bridgehead atoms. The molecule has 0 aliphatic heterocycles. The molecule has 2 amide bonds. The maximum Gasteiger partial charge on any atom is 0.426 e. The lowest BCUT2D eigenvalue weighted by atomic mass is 10.2. The molecule has 6 heteroatoms. The van der Waals surface area contributed by atoms with E-state index in [4.69, 9.17) is 5.73 Å². The number of nitrogen functional groups attached to an aromatic ring is 1. The molecule has 4 N–H and O–H groups in total. The first-order valence-electron chi connectivity index (χ1n) is 4.72. The van der Waals surface area contributed by atoms with E-state index in [1.165, 1.54) is 0 Å². The van der Waals surface area contributed by atoms with Crippen molar-refractivity contribution in [2.45, 2.75) is 6.92 Å². The number of hydrogen-bond donors (Lipinski definition) is 3. The molecule has 1 aromatic rings. The van der Waals surface area contributed by atoms with Gasteiger partial charge in [-0.05, 0) is 19.1 Å².